The molecule has 0 amide bonds. The lowest BCUT2D eigenvalue weighted by Gasteiger charge is -2.33. The molecule has 2 heterocycles. The predicted molar refractivity (Wildman–Crippen MR) is 70.3 cm³/mol. The summed E-state index contributed by atoms with van der Waals surface area (Å²) in [5.41, 5.74) is -0.465. The van der Waals surface area contributed by atoms with Gasteiger partial charge in [-0.1, -0.05) is 0 Å². The van der Waals surface area contributed by atoms with Crippen molar-refractivity contribution in [2.45, 2.75) is 36.9 Å². The van der Waals surface area contributed by atoms with Gasteiger partial charge in [0, 0.05) is 18.8 Å². The van der Waals surface area contributed by atoms with Gasteiger partial charge in [-0.25, -0.2) is 13.1 Å². The largest absolute Gasteiger partial charge is 0.447 e. The predicted octanol–water partition coefficient (Wildman–Crippen LogP) is 0.846. The molecule has 0 radical (unpaired) electrons. The van der Waals surface area contributed by atoms with Crippen LogP contribution in [0.5, 0.6) is 0 Å². The van der Waals surface area contributed by atoms with E-state index < -0.39 is 15.6 Å². The van der Waals surface area contributed by atoms with E-state index in [1.54, 1.807) is 13.1 Å². The molecule has 2 rings (SSSR count). The molecule has 1 aliphatic heterocycles. The topological polar surface area (TPSA) is 80.6 Å². The van der Waals surface area contributed by atoms with E-state index in [-0.39, 0.29) is 5.09 Å². The van der Waals surface area contributed by atoms with Crippen molar-refractivity contribution in [3.05, 3.63) is 17.9 Å². The lowest BCUT2D eigenvalue weighted by atomic mass is 9.94. The molecule has 0 spiro atoms. The smallest absolute Gasteiger partial charge is 0.274 e. The first-order valence-electron chi connectivity index (χ1n) is 6.30. The van der Waals surface area contributed by atoms with Gasteiger partial charge in [-0.15, -0.1) is 0 Å². The van der Waals surface area contributed by atoms with Gasteiger partial charge in [-0.05, 0) is 38.9 Å². The number of hydrogen-bond donors (Lipinski definition) is 2. The Morgan fingerprint density at radius 2 is 2.00 bits per heavy atom. The first-order valence-corrected chi connectivity index (χ1v) is 7.79. The molecule has 0 aliphatic carbocycles. The third-order valence-electron chi connectivity index (χ3n) is 3.23. The summed E-state index contributed by atoms with van der Waals surface area (Å²) in [6.45, 7) is 3.54. The molecular weight excluding hydrogens is 268 g/mol. The van der Waals surface area contributed by atoms with Crippen LogP contribution in [0.3, 0.4) is 0 Å². The number of nitrogens with one attached hydrogen (secondary N) is 2. The molecule has 1 aromatic heterocycles. The molecule has 0 atom stereocenters. The molecule has 1 aliphatic rings. The number of sulfonamides is 1. The van der Waals surface area contributed by atoms with Crippen LogP contribution in [0.4, 0.5) is 0 Å². The highest BCUT2D eigenvalue weighted by molar-refractivity contribution is 7.89. The van der Waals surface area contributed by atoms with Gasteiger partial charge in [0.1, 0.15) is 5.76 Å². The lowest BCUT2D eigenvalue weighted by Crippen LogP contribution is -2.49. The van der Waals surface area contributed by atoms with Crippen molar-refractivity contribution in [2.75, 3.05) is 20.3 Å². The second-order valence-electron chi connectivity index (χ2n) is 5.03. The van der Waals surface area contributed by atoms with Crippen LogP contribution in [-0.4, -0.2) is 34.2 Å². The maximum Gasteiger partial charge on any atom is 0.274 e. The van der Waals surface area contributed by atoms with Gasteiger partial charge in [0.05, 0.1) is 6.54 Å². The molecule has 2 N–H and O–H groups in total. The van der Waals surface area contributed by atoms with E-state index in [9.17, 15) is 8.42 Å². The fraction of sp³-hybridized carbons (Fsp3) is 0.667. The van der Waals surface area contributed by atoms with E-state index in [2.05, 4.69) is 10.0 Å². The van der Waals surface area contributed by atoms with E-state index in [1.165, 1.54) is 6.07 Å². The van der Waals surface area contributed by atoms with Crippen molar-refractivity contribution in [3.8, 4) is 0 Å². The highest BCUT2D eigenvalue weighted by Gasteiger charge is 2.33. The first kappa shape index (κ1) is 14.5. The molecule has 0 unspecified atom stereocenters. The summed E-state index contributed by atoms with van der Waals surface area (Å²) in [5.74, 6) is 0.597. The van der Waals surface area contributed by atoms with Crippen molar-refractivity contribution in [3.63, 3.8) is 0 Å². The molecule has 19 heavy (non-hydrogen) atoms. The zero-order valence-corrected chi connectivity index (χ0v) is 12.0. The van der Waals surface area contributed by atoms with Crippen LogP contribution in [0, 0.1) is 0 Å². The molecule has 1 saturated heterocycles. The Morgan fingerprint density at radius 1 is 1.32 bits per heavy atom. The van der Waals surface area contributed by atoms with Crippen molar-refractivity contribution in [2.24, 2.45) is 0 Å². The fourth-order valence-corrected chi connectivity index (χ4v) is 3.49. The summed E-state index contributed by atoms with van der Waals surface area (Å²) in [5, 5.41) is 2.88. The minimum atomic E-state index is -3.62. The van der Waals surface area contributed by atoms with Gasteiger partial charge >= 0.3 is 0 Å². The van der Waals surface area contributed by atoms with Crippen LogP contribution in [0.15, 0.2) is 21.6 Å². The SMILES string of the molecule is CNCc1ccc(S(=O)(=O)NC2(C)CCOCC2)o1. The zero-order chi connectivity index (χ0) is 13.9. The Bertz CT molecular complexity index is 518. The fourth-order valence-electron chi connectivity index (χ4n) is 2.07. The average Bonchev–Trinajstić information content (AvgIpc) is 2.78. The van der Waals surface area contributed by atoms with Crippen LogP contribution < -0.4 is 10.0 Å². The van der Waals surface area contributed by atoms with Crippen LogP contribution >= 0.6 is 0 Å². The van der Waals surface area contributed by atoms with Crippen molar-refractivity contribution >= 4 is 10.0 Å². The summed E-state index contributed by atoms with van der Waals surface area (Å²) in [6, 6.07) is 3.15. The van der Waals surface area contributed by atoms with Gasteiger partial charge in [0.15, 0.2) is 0 Å². The van der Waals surface area contributed by atoms with E-state index in [1.807, 2.05) is 6.92 Å². The Hall–Kier alpha value is -0.890. The molecule has 7 heteroatoms. The second kappa shape index (κ2) is 5.62. The second-order valence-corrected chi connectivity index (χ2v) is 6.64. The van der Waals surface area contributed by atoms with Crippen LogP contribution in [0.2, 0.25) is 0 Å². The third kappa shape index (κ3) is 3.56. The molecule has 0 saturated carbocycles. The maximum atomic E-state index is 12.3. The summed E-state index contributed by atoms with van der Waals surface area (Å²) in [7, 11) is -1.84. The summed E-state index contributed by atoms with van der Waals surface area (Å²) in [4.78, 5) is 0. The van der Waals surface area contributed by atoms with Crippen LogP contribution in [0.1, 0.15) is 25.5 Å². The minimum absolute atomic E-state index is 0.0366. The Morgan fingerprint density at radius 3 is 2.63 bits per heavy atom. The number of ether oxygens (including phenoxy) is 1. The van der Waals surface area contributed by atoms with Crippen molar-refractivity contribution in [1.82, 2.24) is 10.0 Å². The quantitative estimate of drug-likeness (QED) is 0.839. The molecule has 6 nitrogen and oxygen atoms in total. The Labute approximate surface area is 113 Å². The molecular formula is C12H20N2O4S. The van der Waals surface area contributed by atoms with Crippen LogP contribution in [-0.2, 0) is 21.3 Å². The zero-order valence-electron chi connectivity index (χ0n) is 11.2. The summed E-state index contributed by atoms with van der Waals surface area (Å²) < 4.78 is 37.8. The van der Waals surface area contributed by atoms with E-state index in [4.69, 9.17) is 9.15 Å². The highest BCUT2D eigenvalue weighted by Crippen LogP contribution is 2.23. The number of furan rings is 1. The van der Waals surface area contributed by atoms with Crippen molar-refractivity contribution in [1.29, 1.82) is 0 Å². The highest BCUT2D eigenvalue weighted by atomic mass is 32.2. The normalized spacial score (nSPS) is 19.5. The Balaban J connectivity index is 2.12. The standard InChI is InChI=1S/C12H20N2O4S/c1-12(5-7-17-8-6-12)14-19(15,16)11-4-3-10(18-11)9-13-2/h3-4,13-14H,5-9H2,1-2H3. The van der Waals surface area contributed by atoms with E-state index >= 15 is 0 Å². The maximum absolute atomic E-state index is 12.3. The van der Waals surface area contributed by atoms with Crippen LogP contribution in [0.25, 0.3) is 0 Å². The number of rotatable bonds is 5. The van der Waals surface area contributed by atoms with Gasteiger partial charge < -0.3 is 14.5 Å². The van der Waals surface area contributed by atoms with E-state index in [0.29, 0.717) is 38.4 Å². The summed E-state index contributed by atoms with van der Waals surface area (Å²) in [6.07, 6.45) is 1.33. The minimum Gasteiger partial charge on any atom is -0.447 e. The lowest BCUT2D eigenvalue weighted by molar-refractivity contribution is 0.0536. The van der Waals surface area contributed by atoms with E-state index in [0.717, 1.165) is 0 Å². The monoisotopic (exact) mass is 288 g/mol. The third-order valence-corrected chi connectivity index (χ3v) is 4.74. The molecule has 0 bridgehead atoms. The molecule has 108 valence electrons. The number of hydrogen-bond acceptors (Lipinski definition) is 5. The van der Waals surface area contributed by atoms with Gasteiger partial charge in [0.2, 0.25) is 5.09 Å². The molecule has 1 aromatic rings. The van der Waals surface area contributed by atoms with Gasteiger partial charge in [0.25, 0.3) is 10.0 Å². The molecule has 1 fully saturated rings. The summed E-state index contributed by atoms with van der Waals surface area (Å²) >= 11 is 0. The van der Waals surface area contributed by atoms with Gasteiger partial charge in [-0.2, -0.15) is 0 Å². The van der Waals surface area contributed by atoms with Crippen molar-refractivity contribution < 1.29 is 17.6 Å². The first-order chi connectivity index (χ1) is 8.95. The molecule has 0 aromatic carbocycles. The van der Waals surface area contributed by atoms with Gasteiger partial charge in [-0.3, -0.25) is 0 Å². The average molecular weight is 288 g/mol. The Kier molecular flexibility index (Phi) is 4.29.